The molecule has 6 nitrogen and oxygen atoms in total. The summed E-state index contributed by atoms with van der Waals surface area (Å²) >= 11 is 0. The third-order valence-corrected chi connectivity index (χ3v) is 8.22. The van der Waals surface area contributed by atoms with Crippen LogP contribution in [-0.4, -0.2) is 38.2 Å². The highest BCUT2D eigenvalue weighted by atomic mass is 16.5. The molecule has 1 aromatic heterocycles. The standard InChI is InChI=1S/C25H32N4O2/c1-2-31-22-7-3-18(4-8-22)14-28(21-5-6-21)23(30)24-10-19-9-20(11-24)13-25(12-19,15-24)29-17-26-16-27-29/h3-4,7-8,16-17,19-21H,2,5-6,9-15H2,1H3/t19-,20-,24?,25?/m1/s1. The maximum Gasteiger partial charge on any atom is 0.229 e. The minimum absolute atomic E-state index is 0.00932. The summed E-state index contributed by atoms with van der Waals surface area (Å²) < 4.78 is 7.69. The second-order valence-electron chi connectivity index (χ2n) is 10.5. The van der Waals surface area contributed by atoms with Crippen molar-refractivity contribution < 1.29 is 9.53 Å². The summed E-state index contributed by atoms with van der Waals surface area (Å²) in [7, 11) is 0. The summed E-state index contributed by atoms with van der Waals surface area (Å²) in [6, 6.07) is 8.70. The van der Waals surface area contributed by atoms with Gasteiger partial charge in [0, 0.05) is 12.6 Å². The lowest BCUT2D eigenvalue weighted by Crippen LogP contribution is -2.61. The molecule has 0 radical (unpaired) electrons. The van der Waals surface area contributed by atoms with E-state index in [9.17, 15) is 4.79 Å². The van der Waals surface area contributed by atoms with Crippen molar-refractivity contribution >= 4 is 5.91 Å². The normalized spacial score (nSPS) is 33.5. The van der Waals surface area contributed by atoms with Crippen molar-refractivity contribution in [3.8, 4) is 5.75 Å². The van der Waals surface area contributed by atoms with Gasteiger partial charge in [-0.3, -0.25) is 4.79 Å². The lowest BCUT2D eigenvalue weighted by molar-refractivity contribution is -0.168. The molecule has 5 aliphatic carbocycles. The van der Waals surface area contributed by atoms with Gasteiger partial charge in [-0.1, -0.05) is 12.1 Å². The van der Waals surface area contributed by atoms with Gasteiger partial charge in [0.1, 0.15) is 18.4 Å². The molecule has 0 unspecified atom stereocenters. The van der Waals surface area contributed by atoms with E-state index in [2.05, 4.69) is 31.8 Å². The van der Waals surface area contributed by atoms with Crippen molar-refractivity contribution in [2.24, 2.45) is 17.3 Å². The Morgan fingerprint density at radius 1 is 1.16 bits per heavy atom. The van der Waals surface area contributed by atoms with E-state index in [-0.39, 0.29) is 11.0 Å². The Morgan fingerprint density at radius 2 is 1.90 bits per heavy atom. The molecule has 164 valence electrons. The maximum atomic E-state index is 14.2. The Balaban J connectivity index is 1.28. The molecule has 7 rings (SSSR count). The zero-order valence-electron chi connectivity index (χ0n) is 18.4. The summed E-state index contributed by atoms with van der Waals surface area (Å²) in [5.74, 6) is 2.58. The molecule has 0 N–H and O–H groups in total. The number of carbonyl (C=O) groups is 1. The number of aromatic nitrogens is 3. The highest BCUT2D eigenvalue weighted by Crippen LogP contribution is 2.64. The van der Waals surface area contributed by atoms with E-state index in [0.717, 1.165) is 50.7 Å². The van der Waals surface area contributed by atoms with Crippen LogP contribution in [0.4, 0.5) is 0 Å². The third kappa shape index (κ3) is 3.26. The average Bonchev–Trinajstić information content (AvgIpc) is 3.43. The molecule has 2 atom stereocenters. The number of nitrogens with zero attached hydrogens (tertiary/aromatic N) is 4. The fourth-order valence-electron chi connectivity index (χ4n) is 7.30. The van der Waals surface area contributed by atoms with Gasteiger partial charge in [-0.2, -0.15) is 5.10 Å². The van der Waals surface area contributed by atoms with Crippen molar-refractivity contribution in [2.75, 3.05) is 6.61 Å². The van der Waals surface area contributed by atoms with Gasteiger partial charge in [0.15, 0.2) is 0 Å². The Morgan fingerprint density at radius 3 is 2.52 bits per heavy atom. The Bertz CT molecular complexity index is 936. The lowest BCUT2D eigenvalue weighted by Gasteiger charge is -2.61. The largest absolute Gasteiger partial charge is 0.494 e. The van der Waals surface area contributed by atoms with E-state index in [1.807, 2.05) is 25.4 Å². The van der Waals surface area contributed by atoms with Crippen molar-refractivity contribution in [1.29, 1.82) is 0 Å². The van der Waals surface area contributed by atoms with Crippen molar-refractivity contribution in [2.45, 2.75) is 76.4 Å². The van der Waals surface area contributed by atoms with Crippen LogP contribution in [0.3, 0.4) is 0 Å². The second-order valence-corrected chi connectivity index (χ2v) is 10.5. The van der Waals surface area contributed by atoms with Crippen LogP contribution in [-0.2, 0) is 16.9 Å². The first-order chi connectivity index (χ1) is 15.1. The fourth-order valence-corrected chi connectivity index (χ4v) is 7.30. The van der Waals surface area contributed by atoms with Gasteiger partial charge in [-0.15, -0.1) is 0 Å². The Kier molecular flexibility index (Phi) is 4.41. The van der Waals surface area contributed by atoms with Crippen LogP contribution in [0, 0.1) is 17.3 Å². The molecule has 0 spiro atoms. The number of rotatable bonds is 7. The molecule has 5 saturated carbocycles. The van der Waals surface area contributed by atoms with Gasteiger partial charge >= 0.3 is 0 Å². The Labute approximate surface area is 184 Å². The highest BCUT2D eigenvalue weighted by molar-refractivity contribution is 5.84. The summed E-state index contributed by atoms with van der Waals surface area (Å²) in [6.45, 7) is 3.38. The predicted octanol–water partition coefficient (Wildman–Crippen LogP) is 4.16. The summed E-state index contributed by atoms with van der Waals surface area (Å²) in [4.78, 5) is 20.7. The summed E-state index contributed by atoms with van der Waals surface area (Å²) in [5.41, 5.74) is 0.966. The van der Waals surface area contributed by atoms with Crippen LogP contribution in [0.1, 0.15) is 63.9 Å². The van der Waals surface area contributed by atoms with E-state index >= 15 is 0 Å². The average molecular weight is 421 g/mol. The van der Waals surface area contributed by atoms with Crippen LogP contribution < -0.4 is 4.74 Å². The number of carbonyl (C=O) groups excluding carboxylic acids is 1. The molecule has 5 aliphatic rings. The molecule has 2 aromatic rings. The molecule has 6 heteroatoms. The van der Waals surface area contributed by atoms with Gasteiger partial charge in [-0.25, -0.2) is 9.67 Å². The first-order valence-corrected chi connectivity index (χ1v) is 12.0. The summed E-state index contributed by atoms with van der Waals surface area (Å²) in [5, 5.41) is 4.55. The first-order valence-electron chi connectivity index (χ1n) is 12.0. The molecule has 1 aromatic carbocycles. The molecular formula is C25H32N4O2. The number of hydrogen-bond donors (Lipinski definition) is 0. The minimum atomic E-state index is -0.218. The first kappa shape index (κ1) is 19.3. The number of hydrogen-bond acceptors (Lipinski definition) is 4. The van der Waals surface area contributed by atoms with E-state index in [4.69, 9.17) is 4.74 Å². The van der Waals surface area contributed by atoms with E-state index in [0.29, 0.717) is 36.9 Å². The lowest BCUT2D eigenvalue weighted by atomic mass is 9.46. The monoisotopic (exact) mass is 420 g/mol. The van der Waals surface area contributed by atoms with Gasteiger partial charge in [0.2, 0.25) is 5.91 Å². The van der Waals surface area contributed by atoms with Crippen LogP contribution in [0.25, 0.3) is 0 Å². The molecule has 4 bridgehead atoms. The Hall–Kier alpha value is -2.37. The predicted molar refractivity (Wildman–Crippen MR) is 116 cm³/mol. The van der Waals surface area contributed by atoms with E-state index < -0.39 is 0 Å². The maximum absolute atomic E-state index is 14.2. The summed E-state index contributed by atoms with van der Waals surface area (Å²) in [6.07, 6.45) is 12.5. The smallest absolute Gasteiger partial charge is 0.229 e. The second kappa shape index (κ2) is 7.07. The molecule has 5 fully saturated rings. The highest BCUT2D eigenvalue weighted by Gasteiger charge is 2.62. The number of ether oxygens (including phenoxy) is 1. The zero-order chi connectivity index (χ0) is 21.1. The molecular weight excluding hydrogens is 388 g/mol. The van der Waals surface area contributed by atoms with E-state index in [1.54, 1.807) is 6.33 Å². The number of amides is 1. The van der Waals surface area contributed by atoms with Crippen molar-refractivity contribution in [3.63, 3.8) is 0 Å². The van der Waals surface area contributed by atoms with Crippen molar-refractivity contribution in [3.05, 3.63) is 42.5 Å². The van der Waals surface area contributed by atoms with Gasteiger partial charge in [-0.05, 0) is 87.8 Å². The number of benzene rings is 1. The van der Waals surface area contributed by atoms with Crippen LogP contribution in [0.15, 0.2) is 36.9 Å². The zero-order valence-corrected chi connectivity index (χ0v) is 18.4. The van der Waals surface area contributed by atoms with Gasteiger partial charge in [0.25, 0.3) is 0 Å². The fraction of sp³-hybridized carbons (Fsp3) is 0.640. The SMILES string of the molecule is CCOc1ccc(CN(C(=O)C23C[C@H]4C[C@H](C2)CC(n2cncn2)(C4)C3)C2CC2)cc1. The van der Waals surface area contributed by atoms with Crippen molar-refractivity contribution in [1.82, 2.24) is 19.7 Å². The molecule has 0 aliphatic heterocycles. The van der Waals surface area contributed by atoms with Crippen LogP contribution >= 0.6 is 0 Å². The molecule has 1 heterocycles. The van der Waals surface area contributed by atoms with Crippen LogP contribution in [0.5, 0.6) is 5.75 Å². The molecule has 31 heavy (non-hydrogen) atoms. The molecule has 0 saturated heterocycles. The quantitative estimate of drug-likeness (QED) is 0.675. The van der Waals surface area contributed by atoms with Crippen LogP contribution in [0.2, 0.25) is 0 Å². The van der Waals surface area contributed by atoms with E-state index in [1.165, 1.54) is 12.0 Å². The van der Waals surface area contributed by atoms with Gasteiger partial charge in [0.05, 0.1) is 17.6 Å². The topological polar surface area (TPSA) is 60.2 Å². The third-order valence-electron chi connectivity index (χ3n) is 8.22. The molecule has 1 amide bonds. The van der Waals surface area contributed by atoms with Gasteiger partial charge < -0.3 is 9.64 Å². The minimum Gasteiger partial charge on any atom is -0.494 e.